The highest BCUT2D eigenvalue weighted by atomic mass is 32.1. The number of hydrogen-bond acceptors (Lipinski definition) is 2. The molecule has 0 aliphatic heterocycles. The predicted octanol–water partition coefficient (Wildman–Crippen LogP) is 3.41. The van der Waals surface area contributed by atoms with E-state index in [1.165, 1.54) is 31.3 Å². The third-order valence-electron chi connectivity index (χ3n) is 4.12. The van der Waals surface area contributed by atoms with Gasteiger partial charge in [0.15, 0.2) is 10.4 Å². The maximum Gasteiger partial charge on any atom is 0.179 e. The van der Waals surface area contributed by atoms with Gasteiger partial charge in [0, 0.05) is 13.1 Å². The first-order valence-electron chi connectivity index (χ1n) is 6.86. The lowest BCUT2D eigenvalue weighted by molar-refractivity contribution is 0.282. The number of fused-ring (bicyclic) bond motifs is 1. The van der Waals surface area contributed by atoms with Gasteiger partial charge in [0.1, 0.15) is 5.52 Å². The summed E-state index contributed by atoms with van der Waals surface area (Å²) in [6.45, 7) is 6.07. The molecule has 5 heteroatoms. The third-order valence-corrected chi connectivity index (χ3v) is 4.44. The standard InChI is InChI=1S/C13H20N4S/c1-3-17-12-11(9(2)15-17)14-13(18)16(12)8-7-10-5-4-6-10/h10H,3-8H2,1-2H3,(H,14,18). The number of nitrogens with zero attached hydrogens (tertiary/aromatic N) is 3. The van der Waals surface area contributed by atoms with Crippen molar-refractivity contribution in [1.29, 1.82) is 0 Å². The number of aryl methyl sites for hydroxylation is 3. The van der Waals surface area contributed by atoms with Crippen molar-refractivity contribution in [3.63, 3.8) is 0 Å². The molecule has 0 spiro atoms. The summed E-state index contributed by atoms with van der Waals surface area (Å²) in [4.78, 5) is 3.30. The molecule has 0 unspecified atom stereocenters. The average Bonchev–Trinajstić information content (AvgIpc) is 2.76. The van der Waals surface area contributed by atoms with Crippen LogP contribution in [0, 0.1) is 17.6 Å². The molecule has 98 valence electrons. The Bertz CT molecular complexity index is 615. The Morgan fingerprint density at radius 1 is 1.44 bits per heavy atom. The molecule has 1 saturated carbocycles. The summed E-state index contributed by atoms with van der Waals surface area (Å²) in [5, 5.41) is 4.55. The Kier molecular flexibility index (Phi) is 3.01. The highest BCUT2D eigenvalue weighted by molar-refractivity contribution is 7.71. The zero-order valence-corrected chi connectivity index (χ0v) is 11.9. The zero-order valence-electron chi connectivity index (χ0n) is 11.1. The Labute approximate surface area is 112 Å². The van der Waals surface area contributed by atoms with Crippen LogP contribution in [0.25, 0.3) is 11.2 Å². The number of rotatable bonds is 4. The lowest BCUT2D eigenvalue weighted by atomic mass is 9.83. The minimum absolute atomic E-state index is 0.840. The zero-order chi connectivity index (χ0) is 12.7. The van der Waals surface area contributed by atoms with Gasteiger partial charge in [0.2, 0.25) is 0 Å². The van der Waals surface area contributed by atoms with E-state index >= 15 is 0 Å². The van der Waals surface area contributed by atoms with Gasteiger partial charge in [-0.25, -0.2) is 4.68 Å². The number of aromatic nitrogens is 4. The minimum atomic E-state index is 0.840. The van der Waals surface area contributed by atoms with Crippen molar-refractivity contribution in [2.24, 2.45) is 5.92 Å². The molecule has 0 aromatic carbocycles. The van der Waals surface area contributed by atoms with Crippen LogP contribution in [0.1, 0.15) is 38.3 Å². The van der Waals surface area contributed by atoms with Crippen molar-refractivity contribution in [3.8, 4) is 0 Å². The van der Waals surface area contributed by atoms with Crippen LogP contribution >= 0.6 is 12.2 Å². The molecule has 0 amide bonds. The normalized spacial score (nSPS) is 16.3. The highest BCUT2D eigenvalue weighted by Gasteiger charge is 2.19. The molecular weight excluding hydrogens is 244 g/mol. The maximum absolute atomic E-state index is 5.45. The first-order valence-corrected chi connectivity index (χ1v) is 7.27. The Hall–Kier alpha value is -1.10. The van der Waals surface area contributed by atoms with Gasteiger partial charge in [0.05, 0.1) is 5.69 Å². The van der Waals surface area contributed by atoms with Crippen molar-refractivity contribution in [2.75, 3.05) is 0 Å². The second-order valence-electron chi connectivity index (χ2n) is 5.27. The van der Waals surface area contributed by atoms with E-state index in [0.29, 0.717) is 0 Å². The Balaban J connectivity index is 1.97. The molecule has 2 aromatic rings. The maximum atomic E-state index is 5.45. The topological polar surface area (TPSA) is 38.5 Å². The second kappa shape index (κ2) is 4.53. The van der Waals surface area contributed by atoms with Gasteiger partial charge >= 0.3 is 0 Å². The number of aromatic amines is 1. The van der Waals surface area contributed by atoms with Gasteiger partial charge in [-0.3, -0.25) is 0 Å². The molecule has 2 aromatic heterocycles. The van der Waals surface area contributed by atoms with Crippen LogP contribution in [0.5, 0.6) is 0 Å². The first-order chi connectivity index (χ1) is 8.70. The van der Waals surface area contributed by atoms with Crippen molar-refractivity contribution >= 4 is 23.4 Å². The minimum Gasteiger partial charge on any atom is -0.328 e. The number of hydrogen-bond donors (Lipinski definition) is 1. The molecule has 0 bridgehead atoms. The van der Waals surface area contributed by atoms with Gasteiger partial charge in [-0.05, 0) is 38.4 Å². The Morgan fingerprint density at radius 3 is 2.83 bits per heavy atom. The van der Waals surface area contributed by atoms with Gasteiger partial charge in [-0.2, -0.15) is 5.10 Å². The lowest BCUT2D eigenvalue weighted by Crippen LogP contribution is -2.14. The number of imidazole rings is 1. The summed E-state index contributed by atoms with van der Waals surface area (Å²) in [5.74, 6) is 0.913. The summed E-state index contributed by atoms with van der Waals surface area (Å²) in [6.07, 6.45) is 5.44. The molecule has 1 aliphatic carbocycles. The van der Waals surface area contributed by atoms with Crippen LogP contribution in [0.15, 0.2) is 0 Å². The summed E-state index contributed by atoms with van der Waals surface area (Å²) < 4.78 is 5.12. The fraction of sp³-hybridized carbons (Fsp3) is 0.692. The third kappa shape index (κ3) is 1.81. The summed E-state index contributed by atoms with van der Waals surface area (Å²) in [6, 6.07) is 0. The Morgan fingerprint density at radius 2 is 2.22 bits per heavy atom. The van der Waals surface area contributed by atoms with Crippen LogP contribution in [-0.4, -0.2) is 19.3 Å². The van der Waals surface area contributed by atoms with Crippen molar-refractivity contribution in [1.82, 2.24) is 19.3 Å². The molecule has 18 heavy (non-hydrogen) atoms. The van der Waals surface area contributed by atoms with Gasteiger partial charge in [-0.15, -0.1) is 0 Å². The van der Waals surface area contributed by atoms with Crippen molar-refractivity contribution in [2.45, 2.75) is 52.6 Å². The van der Waals surface area contributed by atoms with Gasteiger partial charge in [-0.1, -0.05) is 19.3 Å². The van der Waals surface area contributed by atoms with Crippen molar-refractivity contribution < 1.29 is 0 Å². The van der Waals surface area contributed by atoms with E-state index in [1.807, 2.05) is 6.92 Å². The molecule has 2 heterocycles. The van der Waals surface area contributed by atoms with Crippen LogP contribution in [0.3, 0.4) is 0 Å². The molecule has 0 radical (unpaired) electrons. The molecule has 1 aliphatic rings. The molecule has 0 saturated heterocycles. The second-order valence-corrected chi connectivity index (χ2v) is 5.65. The SMILES string of the molecule is CCn1nc(C)c2[nH]c(=S)n(CCC3CCC3)c21. The fourth-order valence-corrected chi connectivity index (χ4v) is 3.06. The summed E-state index contributed by atoms with van der Waals surface area (Å²) in [5.41, 5.74) is 3.31. The van der Waals surface area contributed by atoms with E-state index in [-0.39, 0.29) is 0 Å². The number of H-pyrrole nitrogens is 1. The first kappa shape index (κ1) is 12.0. The van der Waals surface area contributed by atoms with E-state index in [0.717, 1.165) is 35.0 Å². The van der Waals surface area contributed by atoms with E-state index in [4.69, 9.17) is 12.2 Å². The predicted molar refractivity (Wildman–Crippen MR) is 75.3 cm³/mol. The largest absolute Gasteiger partial charge is 0.328 e. The molecule has 4 nitrogen and oxygen atoms in total. The van der Waals surface area contributed by atoms with Gasteiger partial charge in [0.25, 0.3) is 0 Å². The summed E-state index contributed by atoms with van der Waals surface area (Å²) in [7, 11) is 0. The average molecular weight is 264 g/mol. The van der Waals surface area contributed by atoms with E-state index in [1.54, 1.807) is 0 Å². The van der Waals surface area contributed by atoms with Crippen molar-refractivity contribution in [3.05, 3.63) is 10.5 Å². The molecule has 1 fully saturated rings. The van der Waals surface area contributed by atoms with Crippen LogP contribution < -0.4 is 0 Å². The fourth-order valence-electron chi connectivity index (χ4n) is 2.78. The molecule has 1 N–H and O–H groups in total. The van der Waals surface area contributed by atoms with E-state index in [2.05, 4.69) is 26.3 Å². The van der Waals surface area contributed by atoms with Crippen LogP contribution in [0.4, 0.5) is 0 Å². The van der Waals surface area contributed by atoms with Crippen LogP contribution in [0.2, 0.25) is 0 Å². The molecular formula is C13H20N4S. The summed E-state index contributed by atoms with van der Waals surface area (Å²) >= 11 is 5.45. The quantitative estimate of drug-likeness (QED) is 0.859. The smallest absolute Gasteiger partial charge is 0.179 e. The van der Waals surface area contributed by atoms with Crippen LogP contribution in [-0.2, 0) is 13.1 Å². The number of nitrogens with one attached hydrogen (secondary N) is 1. The molecule has 0 atom stereocenters. The molecule has 3 rings (SSSR count). The highest BCUT2D eigenvalue weighted by Crippen LogP contribution is 2.30. The monoisotopic (exact) mass is 264 g/mol. The van der Waals surface area contributed by atoms with E-state index < -0.39 is 0 Å². The van der Waals surface area contributed by atoms with E-state index in [9.17, 15) is 0 Å². The lowest BCUT2D eigenvalue weighted by Gasteiger charge is -2.25. The van der Waals surface area contributed by atoms with Gasteiger partial charge < -0.3 is 9.55 Å².